The zero-order chi connectivity index (χ0) is 10.2. The van der Waals surface area contributed by atoms with E-state index in [0.717, 1.165) is 0 Å². The van der Waals surface area contributed by atoms with E-state index in [0.29, 0.717) is 29.6 Å². The maximum Gasteiger partial charge on any atom is 0.175 e. The lowest BCUT2D eigenvalue weighted by Gasteiger charge is -2.27. The summed E-state index contributed by atoms with van der Waals surface area (Å²) in [5, 5.41) is 0. The Bertz CT molecular complexity index is 379. The van der Waals surface area contributed by atoms with Crippen molar-refractivity contribution in [1.29, 1.82) is 0 Å². The second-order valence-corrected chi connectivity index (χ2v) is 5.97. The monoisotopic (exact) mass is 224 g/mol. The Labute approximate surface area is 91.9 Å². The molecule has 6 aliphatic rings. The molecule has 0 aromatic rings. The van der Waals surface area contributed by atoms with E-state index in [1.807, 2.05) is 6.92 Å². The minimum Gasteiger partial charge on any atom is -0.323 e. The molecule has 0 amide bonds. The standard InChI is InChI=1S/C11H12O5/c1-11-6-4-2-3-5(6)10(16-11)14-8(3)12-7(2)13-9(4)15-11/h2-10H,1H3/t2-,3+,4-,5+,6?,7+,8-,9+,10?,11?/m1/s1. The number of rotatable bonds is 0. The van der Waals surface area contributed by atoms with Gasteiger partial charge in [0.15, 0.2) is 30.9 Å². The molecular formula is C11H12O5. The van der Waals surface area contributed by atoms with Crippen LogP contribution < -0.4 is 0 Å². The lowest BCUT2D eigenvalue weighted by molar-refractivity contribution is -0.350. The average molecular weight is 224 g/mol. The van der Waals surface area contributed by atoms with Crippen LogP contribution >= 0.6 is 0 Å². The fourth-order valence-electron chi connectivity index (χ4n) is 5.24. The van der Waals surface area contributed by atoms with Gasteiger partial charge < -0.3 is 23.7 Å². The Morgan fingerprint density at radius 2 is 1.19 bits per heavy atom. The van der Waals surface area contributed by atoms with Crippen LogP contribution in [0.2, 0.25) is 0 Å². The molecular weight excluding hydrogens is 212 g/mol. The number of hydrogen-bond acceptors (Lipinski definition) is 5. The Kier molecular flexibility index (Phi) is 0.986. The molecule has 5 heteroatoms. The van der Waals surface area contributed by atoms with Crippen LogP contribution in [0.5, 0.6) is 0 Å². The van der Waals surface area contributed by atoms with E-state index >= 15 is 0 Å². The zero-order valence-electron chi connectivity index (χ0n) is 8.74. The van der Waals surface area contributed by atoms with E-state index in [-0.39, 0.29) is 25.2 Å². The van der Waals surface area contributed by atoms with Gasteiger partial charge in [0, 0.05) is 29.6 Å². The molecule has 0 bridgehead atoms. The maximum absolute atomic E-state index is 5.94. The second-order valence-electron chi connectivity index (χ2n) is 5.97. The summed E-state index contributed by atoms with van der Waals surface area (Å²) in [4.78, 5) is 0. The van der Waals surface area contributed by atoms with Crippen molar-refractivity contribution in [1.82, 2.24) is 0 Å². The molecule has 1 aliphatic carbocycles. The van der Waals surface area contributed by atoms with Crippen LogP contribution in [0.4, 0.5) is 0 Å². The van der Waals surface area contributed by atoms with Crippen molar-refractivity contribution in [3.8, 4) is 0 Å². The fraction of sp³-hybridized carbons (Fsp3) is 1.00. The van der Waals surface area contributed by atoms with Crippen molar-refractivity contribution in [2.45, 2.75) is 37.9 Å². The average Bonchev–Trinajstić information content (AvgIpc) is 2.88. The number of hydrogen-bond donors (Lipinski definition) is 0. The first-order valence-corrected chi connectivity index (χ1v) is 6.08. The quantitative estimate of drug-likeness (QED) is 0.590. The minimum absolute atomic E-state index is 0.0962. The van der Waals surface area contributed by atoms with Gasteiger partial charge in [-0.15, -0.1) is 0 Å². The molecule has 5 saturated heterocycles. The van der Waals surface area contributed by atoms with E-state index in [2.05, 4.69) is 0 Å². The smallest absolute Gasteiger partial charge is 0.175 e. The summed E-state index contributed by atoms with van der Waals surface area (Å²) in [5.41, 5.74) is 0. The molecule has 86 valence electrons. The lowest BCUT2D eigenvalue weighted by atomic mass is 9.86. The van der Waals surface area contributed by atoms with E-state index in [9.17, 15) is 0 Å². The highest BCUT2D eigenvalue weighted by Crippen LogP contribution is 2.73. The predicted molar refractivity (Wildman–Crippen MR) is 46.4 cm³/mol. The molecule has 10 atom stereocenters. The summed E-state index contributed by atoms with van der Waals surface area (Å²) in [6.45, 7) is 2.03. The third kappa shape index (κ3) is 0.555. The summed E-state index contributed by atoms with van der Waals surface area (Å²) in [7, 11) is 0. The van der Waals surface area contributed by atoms with Gasteiger partial charge in [-0.2, -0.15) is 0 Å². The molecule has 5 aliphatic heterocycles. The Morgan fingerprint density at radius 1 is 0.688 bits per heavy atom. The van der Waals surface area contributed by atoms with E-state index in [4.69, 9.17) is 23.7 Å². The Balaban J connectivity index is 1.65. The van der Waals surface area contributed by atoms with E-state index < -0.39 is 5.79 Å². The summed E-state index contributed by atoms with van der Waals surface area (Å²) in [6, 6.07) is 0. The van der Waals surface area contributed by atoms with Crippen molar-refractivity contribution in [2.24, 2.45) is 29.6 Å². The van der Waals surface area contributed by atoms with Crippen LogP contribution in [-0.2, 0) is 23.7 Å². The van der Waals surface area contributed by atoms with Gasteiger partial charge in [-0.05, 0) is 6.92 Å². The highest BCUT2D eigenvalue weighted by molar-refractivity contribution is 5.18. The van der Waals surface area contributed by atoms with Crippen molar-refractivity contribution in [3.05, 3.63) is 0 Å². The molecule has 5 heterocycles. The molecule has 0 N–H and O–H groups in total. The van der Waals surface area contributed by atoms with Gasteiger partial charge in [0.1, 0.15) is 0 Å². The van der Waals surface area contributed by atoms with E-state index in [1.165, 1.54) is 0 Å². The lowest BCUT2D eigenvalue weighted by Crippen LogP contribution is -2.35. The zero-order valence-corrected chi connectivity index (χ0v) is 8.74. The molecule has 3 unspecified atom stereocenters. The van der Waals surface area contributed by atoms with Gasteiger partial charge in [-0.3, -0.25) is 0 Å². The Morgan fingerprint density at radius 3 is 1.75 bits per heavy atom. The molecule has 16 heavy (non-hydrogen) atoms. The molecule has 0 aromatic heterocycles. The Hall–Kier alpha value is -0.200. The van der Waals surface area contributed by atoms with Crippen molar-refractivity contribution >= 4 is 0 Å². The van der Waals surface area contributed by atoms with Crippen LogP contribution in [-0.4, -0.2) is 30.9 Å². The van der Waals surface area contributed by atoms with Gasteiger partial charge in [-0.25, -0.2) is 0 Å². The molecule has 0 spiro atoms. The van der Waals surface area contributed by atoms with Gasteiger partial charge in [0.05, 0.1) is 0 Å². The molecule has 0 aromatic carbocycles. The van der Waals surface area contributed by atoms with Crippen molar-refractivity contribution in [3.63, 3.8) is 0 Å². The normalized spacial score (nSPS) is 80.4. The first kappa shape index (κ1) is 8.00. The predicted octanol–water partition coefficient (Wildman–Crippen LogP) is 0.253. The van der Waals surface area contributed by atoms with Gasteiger partial charge in [-0.1, -0.05) is 0 Å². The van der Waals surface area contributed by atoms with E-state index in [1.54, 1.807) is 0 Å². The largest absolute Gasteiger partial charge is 0.323 e. The second kappa shape index (κ2) is 1.97. The first-order valence-electron chi connectivity index (χ1n) is 6.08. The minimum atomic E-state index is -0.481. The molecule has 0 radical (unpaired) electrons. The highest BCUT2D eigenvalue weighted by Gasteiger charge is 2.82. The number of ether oxygens (including phenoxy) is 5. The molecule has 1 saturated carbocycles. The van der Waals surface area contributed by atoms with Crippen molar-refractivity contribution in [2.75, 3.05) is 0 Å². The molecule has 5 nitrogen and oxygen atoms in total. The van der Waals surface area contributed by atoms with Crippen LogP contribution in [0.25, 0.3) is 0 Å². The van der Waals surface area contributed by atoms with Crippen LogP contribution in [0.3, 0.4) is 0 Å². The third-order valence-corrected chi connectivity index (χ3v) is 5.53. The topological polar surface area (TPSA) is 46.2 Å². The van der Waals surface area contributed by atoms with Crippen LogP contribution in [0.15, 0.2) is 0 Å². The first-order chi connectivity index (χ1) is 7.76. The SMILES string of the molecule is CC12OC3O[C@H]4O[C@H]5O[C@@H](O1)[C@H]1C2[C@@H]3[C@@H]4[C@@H]51. The molecule has 6 fully saturated rings. The fourth-order valence-corrected chi connectivity index (χ4v) is 5.24. The summed E-state index contributed by atoms with van der Waals surface area (Å²) < 4.78 is 29.3. The van der Waals surface area contributed by atoms with Crippen LogP contribution in [0.1, 0.15) is 6.92 Å². The van der Waals surface area contributed by atoms with Gasteiger partial charge in [0.25, 0.3) is 0 Å². The van der Waals surface area contributed by atoms with Crippen LogP contribution in [0, 0.1) is 29.6 Å². The summed E-state index contributed by atoms with van der Waals surface area (Å²) in [6.07, 6.45) is -0.419. The van der Waals surface area contributed by atoms with Gasteiger partial charge in [0.2, 0.25) is 0 Å². The van der Waals surface area contributed by atoms with Gasteiger partial charge >= 0.3 is 0 Å². The molecule has 6 rings (SSSR count). The maximum atomic E-state index is 5.94. The summed E-state index contributed by atoms with van der Waals surface area (Å²) in [5.74, 6) is 1.83. The summed E-state index contributed by atoms with van der Waals surface area (Å²) >= 11 is 0. The van der Waals surface area contributed by atoms with Crippen molar-refractivity contribution < 1.29 is 23.7 Å². The third-order valence-electron chi connectivity index (χ3n) is 5.53. The highest BCUT2D eigenvalue weighted by atomic mass is 16.9.